The normalized spacial score (nSPS) is 12.1. The number of halogens is 1. The van der Waals surface area contributed by atoms with E-state index in [9.17, 15) is 12.8 Å². The van der Waals surface area contributed by atoms with Gasteiger partial charge in [0, 0.05) is 13.1 Å². The Kier molecular flexibility index (Phi) is 4.87. The van der Waals surface area contributed by atoms with Gasteiger partial charge in [-0.2, -0.15) is 4.31 Å². The van der Waals surface area contributed by atoms with E-state index in [4.69, 9.17) is 0 Å². The minimum absolute atomic E-state index is 0.235. The number of sulfonamides is 1. The molecule has 0 spiro atoms. The minimum atomic E-state index is -3.52. The maximum atomic E-state index is 13.2. The number of aryl methyl sites for hydroxylation is 2. The van der Waals surface area contributed by atoms with Crippen LogP contribution >= 0.6 is 0 Å². The van der Waals surface area contributed by atoms with Crippen LogP contribution in [0.2, 0.25) is 0 Å². The molecule has 0 unspecified atom stereocenters. The standard InChI is InChI=1S/C13H20FNO2S/c1-5-7-15(6-2)18(16,17)13-10(3)8-12(14)9-11(13)4/h8-9H,5-7H2,1-4H3. The highest BCUT2D eigenvalue weighted by atomic mass is 32.2. The molecule has 0 heterocycles. The van der Waals surface area contributed by atoms with Gasteiger partial charge in [-0.05, 0) is 43.5 Å². The Morgan fingerprint density at radius 3 is 2.06 bits per heavy atom. The molecule has 0 saturated carbocycles. The Hall–Kier alpha value is -0.940. The quantitative estimate of drug-likeness (QED) is 0.827. The summed E-state index contributed by atoms with van der Waals surface area (Å²) >= 11 is 0. The van der Waals surface area contributed by atoms with Crippen LogP contribution in [0.4, 0.5) is 4.39 Å². The van der Waals surface area contributed by atoms with Crippen LogP contribution in [-0.4, -0.2) is 25.8 Å². The molecular weight excluding hydrogens is 253 g/mol. The summed E-state index contributed by atoms with van der Waals surface area (Å²) in [7, 11) is -3.52. The number of nitrogens with zero attached hydrogens (tertiary/aromatic N) is 1. The fourth-order valence-corrected chi connectivity index (χ4v) is 4.08. The van der Waals surface area contributed by atoms with Gasteiger partial charge in [0.25, 0.3) is 0 Å². The topological polar surface area (TPSA) is 37.4 Å². The Labute approximate surface area is 109 Å². The van der Waals surface area contributed by atoms with Gasteiger partial charge in [-0.15, -0.1) is 0 Å². The van der Waals surface area contributed by atoms with Gasteiger partial charge in [-0.3, -0.25) is 0 Å². The number of rotatable bonds is 5. The number of benzene rings is 1. The van der Waals surface area contributed by atoms with Gasteiger partial charge in [0.05, 0.1) is 4.90 Å². The lowest BCUT2D eigenvalue weighted by molar-refractivity contribution is 0.426. The lowest BCUT2D eigenvalue weighted by atomic mass is 10.1. The van der Waals surface area contributed by atoms with Crippen molar-refractivity contribution in [3.05, 3.63) is 29.1 Å². The third kappa shape index (κ3) is 2.90. The summed E-state index contributed by atoms with van der Waals surface area (Å²) in [4.78, 5) is 0.235. The molecule has 18 heavy (non-hydrogen) atoms. The highest BCUT2D eigenvalue weighted by Gasteiger charge is 2.26. The largest absolute Gasteiger partial charge is 0.243 e. The molecule has 3 nitrogen and oxygen atoms in total. The van der Waals surface area contributed by atoms with Gasteiger partial charge >= 0.3 is 0 Å². The first-order valence-electron chi connectivity index (χ1n) is 6.11. The van der Waals surface area contributed by atoms with Gasteiger partial charge in [-0.1, -0.05) is 13.8 Å². The van der Waals surface area contributed by atoms with Gasteiger partial charge in [0.15, 0.2) is 0 Å². The van der Waals surface area contributed by atoms with E-state index < -0.39 is 15.8 Å². The summed E-state index contributed by atoms with van der Waals surface area (Å²) in [5, 5.41) is 0. The molecule has 102 valence electrons. The molecule has 0 saturated heterocycles. The third-order valence-electron chi connectivity index (χ3n) is 2.85. The molecule has 1 aromatic carbocycles. The maximum absolute atomic E-state index is 13.2. The molecule has 0 aromatic heterocycles. The van der Waals surface area contributed by atoms with E-state index in [1.165, 1.54) is 16.4 Å². The number of hydrogen-bond acceptors (Lipinski definition) is 2. The third-order valence-corrected chi connectivity index (χ3v) is 5.13. The fourth-order valence-electron chi connectivity index (χ4n) is 2.13. The van der Waals surface area contributed by atoms with Crippen molar-refractivity contribution >= 4 is 10.0 Å². The SMILES string of the molecule is CCCN(CC)S(=O)(=O)c1c(C)cc(F)cc1C. The van der Waals surface area contributed by atoms with Crippen LogP contribution in [0, 0.1) is 19.7 Å². The van der Waals surface area contributed by atoms with E-state index in [1.807, 2.05) is 6.92 Å². The van der Waals surface area contributed by atoms with E-state index in [1.54, 1.807) is 20.8 Å². The van der Waals surface area contributed by atoms with Gasteiger partial charge in [0.1, 0.15) is 5.82 Å². The van der Waals surface area contributed by atoms with Crippen molar-refractivity contribution in [2.24, 2.45) is 0 Å². The van der Waals surface area contributed by atoms with E-state index in [-0.39, 0.29) is 4.90 Å². The van der Waals surface area contributed by atoms with Gasteiger partial charge in [-0.25, -0.2) is 12.8 Å². The van der Waals surface area contributed by atoms with Crippen LogP contribution in [0.3, 0.4) is 0 Å². The van der Waals surface area contributed by atoms with E-state index in [2.05, 4.69) is 0 Å². The minimum Gasteiger partial charge on any atom is -0.207 e. The zero-order chi connectivity index (χ0) is 13.9. The van der Waals surface area contributed by atoms with Crippen LogP contribution in [0.15, 0.2) is 17.0 Å². The second-order valence-electron chi connectivity index (χ2n) is 4.37. The molecule has 0 fully saturated rings. The molecular formula is C13H20FNO2S. The lowest BCUT2D eigenvalue weighted by Gasteiger charge is -2.22. The molecule has 0 radical (unpaired) electrons. The van der Waals surface area contributed by atoms with Crippen LogP contribution in [0.1, 0.15) is 31.4 Å². The van der Waals surface area contributed by atoms with E-state index in [0.29, 0.717) is 24.2 Å². The second kappa shape index (κ2) is 5.80. The van der Waals surface area contributed by atoms with E-state index in [0.717, 1.165) is 6.42 Å². The van der Waals surface area contributed by atoms with Crippen LogP contribution in [0.5, 0.6) is 0 Å². The zero-order valence-electron chi connectivity index (χ0n) is 11.3. The fraction of sp³-hybridized carbons (Fsp3) is 0.538. The molecule has 0 atom stereocenters. The number of hydrogen-bond donors (Lipinski definition) is 0. The average Bonchev–Trinajstić information content (AvgIpc) is 2.23. The Balaban J connectivity index is 3.36. The summed E-state index contributed by atoms with van der Waals surface area (Å²) < 4.78 is 39.7. The monoisotopic (exact) mass is 273 g/mol. The summed E-state index contributed by atoms with van der Waals surface area (Å²) in [6, 6.07) is 2.53. The van der Waals surface area contributed by atoms with Crippen molar-refractivity contribution in [1.82, 2.24) is 4.31 Å². The highest BCUT2D eigenvalue weighted by Crippen LogP contribution is 2.24. The molecule has 1 aromatic rings. The molecule has 0 aliphatic rings. The molecule has 0 aliphatic carbocycles. The van der Waals surface area contributed by atoms with Crippen molar-refractivity contribution in [2.45, 2.75) is 39.0 Å². The lowest BCUT2D eigenvalue weighted by Crippen LogP contribution is -2.32. The summed E-state index contributed by atoms with van der Waals surface area (Å²) in [6.45, 7) is 7.90. The van der Waals surface area contributed by atoms with Gasteiger partial charge in [0.2, 0.25) is 10.0 Å². The summed E-state index contributed by atoms with van der Waals surface area (Å²) in [5.74, 6) is -0.400. The molecule has 0 aliphatic heterocycles. The smallest absolute Gasteiger partial charge is 0.207 e. The first-order valence-corrected chi connectivity index (χ1v) is 7.55. The average molecular weight is 273 g/mol. The van der Waals surface area contributed by atoms with E-state index >= 15 is 0 Å². The first-order chi connectivity index (χ1) is 8.34. The van der Waals surface area contributed by atoms with Gasteiger partial charge < -0.3 is 0 Å². The summed E-state index contributed by atoms with van der Waals surface area (Å²) in [6.07, 6.45) is 0.756. The van der Waals surface area contributed by atoms with Crippen molar-refractivity contribution in [1.29, 1.82) is 0 Å². The predicted molar refractivity (Wildman–Crippen MR) is 70.6 cm³/mol. The molecule has 1 rings (SSSR count). The molecule has 0 bridgehead atoms. The van der Waals surface area contributed by atoms with Crippen LogP contribution < -0.4 is 0 Å². The van der Waals surface area contributed by atoms with Crippen molar-refractivity contribution < 1.29 is 12.8 Å². The first kappa shape index (κ1) is 15.1. The Morgan fingerprint density at radius 2 is 1.67 bits per heavy atom. The van der Waals surface area contributed by atoms with Crippen molar-refractivity contribution in [3.8, 4) is 0 Å². The molecule has 0 N–H and O–H groups in total. The maximum Gasteiger partial charge on any atom is 0.243 e. The van der Waals surface area contributed by atoms with Crippen LogP contribution in [-0.2, 0) is 10.0 Å². The van der Waals surface area contributed by atoms with Crippen molar-refractivity contribution in [3.63, 3.8) is 0 Å². The zero-order valence-corrected chi connectivity index (χ0v) is 12.1. The van der Waals surface area contributed by atoms with Crippen molar-refractivity contribution in [2.75, 3.05) is 13.1 Å². The van der Waals surface area contributed by atoms with Crippen LogP contribution in [0.25, 0.3) is 0 Å². The second-order valence-corrected chi connectivity index (χ2v) is 6.24. The highest BCUT2D eigenvalue weighted by molar-refractivity contribution is 7.89. The Morgan fingerprint density at radius 1 is 1.17 bits per heavy atom. The molecule has 0 amide bonds. The predicted octanol–water partition coefficient (Wildman–Crippen LogP) is 2.86. The summed E-state index contributed by atoms with van der Waals surface area (Å²) in [5.41, 5.74) is 0.920. The molecule has 5 heteroatoms. The Bertz CT molecular complexity index is 503.